The number of aliphatic imine (C=N–C) groups is 1. The summed E-state index contributed by atoms with van der Waals surface area (Å²) >= 11 is 12.3. The zero-order valence-electron chi connectivity index (χ0n) is 25.8. The third-order valence-electron chi connectivity index (χ3n) is 10.7. The van der Waals surface area contributed by atoms with Crippen molar-refractivity contribution < 1.29 is 4.79 Å². The lowest BCUT2D eigenvalue weighted by Crippen LogP contribution is -2.57. The molecule has 9 heteroatoms. The van der Waals surface area contributed by atoms with Gasteiger partial charge in [0.15, 0.2) is 0 Å². The molecule has 44 heavy (non-hydrogen) atoms. The Kier molecular flexibility index (Phi) is 10.7. The van der Waals surface area contributed by atoms with Gasteiger partial charge in [0.1, 0.15) is 6.67 Å². The molecule has 0 radical (unpaired) electrons. The first-order valence-corrected chi connectivity index (χ1v) is 17.5. The summed E-state index contributed by atoms with van der Waals surface area (Å²) in [6.45, 7) is 3.41. The van der Waals surface area contributed by atoms with Crippen LogP contribution < -0.4 is 16.1 Å². The average molecular weight is 640 g/mol. The number of likely N-dealkylation sites (tertiary alicyclic amines) is 1. The molecule has 238 valence electrons. The Morgan fingerprint density at radius 1 is 0.886 bits per heavy atom. The third-order valence-corrected chi connectivity index (χ3v) is 11.2. The maximum absolute atomic E-state index is 14.3. The minimum absolute atomic E-state index is 0.238. The Labute approximate surface area is 273 Å². The summed E-state index contributed by atoms with van der Waals surface area (Å²) in [5.74, 6) is 0.983. The van der Waals surface area contributed by atoms with Gasteiger partial charge in [-0.1, -0.05) is 54.6 Å². The zero-order chi connectivity index (χ0) is 30.4. The third kappa shape index (κ3) is 8.09. The summed E-state index contributed by atoms with van der Waals surface area (Å²) in [7, 11) is 0. The highest BCUT2D eigenvalue weighted by molar-refractivity contribution is 6.30. The van der Waals surface area contributed by atoms with Gasteiger partial charge in [-0.2, -0.15) is 0 Å². The van der Waals surface area contributed by atoms with E-state index in [9.17, 15) is 4.79 Å². The van der Waals surface area contributed by atoms with Crippen molar-refractivity contribution in [2.24, 2.45) is 16.3 Å². The van der Waals surface area contributed by atoms with Gasteiger partial charge in [-0.05, 0) is 111 Å². The van der Waals surface area contributed by atoms with Crippen LogP contribution in [0.4, 0.5) is 5.69 Å². The smallest absolute Gasteiger partial charge is 0.240 e. The average Bonchev–Trinajstić information content (AvgIpc) is 3.57. The molecule has 0 unspecified atom stereocenters. The highest BCUT2D eigenvalue weighted by atomic mass is 35.5. The number of piperidine rings is 1. The minimum atomic E-state index is -0.238. The van der Waals surface area contributed by atoms with Crippen LogP contribution in [0.1, 0.15) is 76.2 Å². The first-order chi connectivity index (χ1) is 21.5. The van der Waals surface area contributed by atoms with E-state index in [0.29, 0.717) is 18.5 Å². The maximum atomic E-state index is 14.3. The van der Waals surface area contributed by atoms with Gasteiger partial charge in [-0.25, -0.2) is 5.01 Å². The number of benzene rings is 2. The molecule has 2 saturated carbocycles. The molecular formula is C35H48Cl2N6O. The van der Waals surface area contributed by atoms with Crippen LogP contribution in [0.15, 0.2) is 53.5 Å². The molecular weight excluding hydrogens is 591 g/mol. The van der Waals surface area contributed by atoms with E-state index < -0.39 is 0 Å². The zero-order valence-corrected chi connectivity index (χ0v) is 27.3. The Balaban J connectivity index is 1.09. The van der Waals surface area contributed by atoms with Crippen LogP contribution in [0.3, 0.4) is 0 Å². The normalized spacial score (nSPS) is 25.0. The predicted molar refractivity (Wildman–Crippen MR) is 181 cm³/mol. The van der Waals surface area contributed by atoms with Crippen LogP contribution in [0, 0.1) is 11.3 Å². The molecule has 2 aromatic rings. The fourth-order valence-electron chi connectivity index (χ4n) is 8.13. The van der Waals surface area contributed by atoms with Crippen LogP contribution in [0.5, 0.6) is 0 Å². The number of carbonyl (C=O) groups is 1. The molecule has 6 rings (SSSR count). The lowest BCUT2D eigenvalue weighted by atomic mass is 9.63. The van der Waals surface area contributed by atoms with E-state index in [2.05, 4.69) is 43.1 Å². The fourth-order valence-corrected chi connectivity index (χ4v) is 8.38. The summed E-state index contributed by atoms with van der Waals surface area (Å²) < 4.78 is 0. The van der Waals surface area contributed by atoms with Crippen molar-refractivity contribution in [2.45, 2.75) is 95.2 Å². The van der Waals surface area contributed by atoms with Gasteiger partial charge < -0.3 is 21.0 Å². The second-order valence-electron chi connectivity index (χ2n) is 13.6. The van der Waals surface area contributed by atoms with Crippen LogP contribution in [-0.2, 0) is 11.2 Å². The Bertz CT molecular complexity index is 1220. The molecule has 2 aliphatic carbocycles. The number of halogens is 2. The van der Waals surface area contributed by atoms with Crippen LogP contribution in [0.25, 0.3) is 0 Å². The standard InChI is InChI=1S/C35H48Cl2N6O/c36-28-8-6-26(7-9-28)22-33(41-32-16-14-31(15-17-32)40-30-12-10-29(37)11-13-30)34(44)42-20-18-35(19-21-42,23-43-25-38-24-39-43)27-4-2-1-3-5-27/h6-13,24,27,31-33,40-41H,1-5,14-23,25H2,(H,38,39)/t31-,32+,33-/m1/s1. The van der Waals surface area contributed by atoms with Crippen molar-refractivity contribution in [3.05, 3.63) is 64.1 Å². The molecule has 0 aromatic heterocycles. The fraction of sp³-hybridized carbons (Fsp3) is 0.600. The highest BCUT2D eigenvalue weighted by Crippen LogP contribution is 2.46. The summed E-state index contributed by atoms with van der Waals surface area (Å²) in [6.07, 6.45) is 15.5. The monoisotopic (exact) mass is 638 g/mol. The lowest BCUT2D eigenvalue weighted by molar-refractivity contribution is -0.137. The number of rotatable bonds is 10. The molecule has 3 N–H and O–H groups in total. The van der Waals surface area contributed by atoms with Crippen molar-refractivity contribution in [1.82, 2.24) is 20.7 Å². The van der Waals surface area contributed by atoms with E-state index >= 15 is 0 Å². The molecule has 7 nitrogen and oxygen atoms in total. The van der Waals surface area contributed by atoms with E-state index in [4.69, 9.17) is 23.2 Å². The molecule has 1 amide bonds. The van der Waals surface area contributed by atoms with Crippen molar-refractivity contribution in [1.29, 1.82) is 0 Å². The summed E-state index contributed by atoms with van der Waals surface area (Å²) in [5.41, 5.74) is 5.85. The Morgan fingerprint density at radius 2 is 1.52 bits per heavy atom. The number of hydrogen-bond donors (Lipinski definition) is 3. The van der Waals surface area contributed by atoms with E-state index in [0.717, 1.165) is 92.0 Å². The Morgan fingerprint density at radius 3 is 2.16 bits per heavy atom. The largest absolute Gasteiger partial charge is 0.382 e. The summed E-state index contributed by atoms with van der Waals surface area (Å²) in [5, 5.41) is 11.3. The molecule has 0 bridgehead atoms. The van der Waals surface area contributed by atoms with Crippen molar-refractivity contribution in [2.75, 3.05) is 31.6 Å². The number of carbonyl (C=O) groups excluding carboxylic acids is 1. The second kappa shape index (κ2) is 14.8. The molecule has 1 saturated heterocycles. The minimum Gasteiger partial charge on any atom is -0.382 e. The van der Waals surface area contributed by atoms with Crippen molar-refractivity contribution in [3.63, 3.8) is 0 Å². The van der Waals surface area contributed by atoms with Gasteiger partial charge in [0.2, 0.25) is 5.91 Å². The lowest BCUT2D eigenvalue weighted by Gasteiger charge is -2.50. The van der Waals surface area contributed by atoms with Crippen molar-refractivity contribution in [3.8, 4) is 0 Å². The number of hydrogen-bond acceptors (Lipinski definition) is 6. The number of hydrazine groups is 1. The van der Waals surface area contributed by atoms with Gasteiger partial charge in [0.05, 0.1) is 12.4 Å². The van der Waals surface area contributed by atoms with Gasteiger partial charge >= 0.3 is 0 Å². The van der Waals surface area contributed by atoms with Gasteiger partial charge in [-0.15, -0.1) is 0 Å². The quantitative estimate of drug-likeness (QED) is 0.264. The maximum Gasteiger partial charge on any atom is 0.240 e. The first kappa shape index (κ1) is 31.7. The predicted octanol–water partition coefficient (Wildman–Crippen LogP) is 6.91. The highest BCUT2D eigenvalue weighted by Gasteiger charge is 2.44. The number of nitrogens with one attached hydrogen (secondary N) is 3. The molecule has 2 aromatic carbocycles. The van der Waals surface area contributed by atoms with E-state index in [1.807, 2.05) is 42.7 Å². The molecule has 4 aliphatic rings. The number of anilines is 1. The molecule has 3 fully saturated rings. The van der Waals surface area contributed by atoms with E-state index in [1.54, 1.807) is 0 Å². The molecule has 2 aliphatic heterocycles. The number of amides is 1. The topological polar surface area (TPSA) is 72.0 Å². The van der Waals surface area contributed by atoms with Crippen LogP contribution in [-0.4, -0.2) is 66.6 Å². The van der Waals surface area contributed by atoms with E-state index in [1.165, 1.54) is 32.1 Å². The van der Waals surface area contributed by atoms with Gasteiger partial charge in [0, 0.05) is 47.5 Å². The van der Waals surface area contributed by atoms with E-state index in [-0.39, 0.29) is 17.4 Å². The summed E-state index contributed by atoms with van der Waals surface area (Å²) in [6, 6.07) is 16.5. The van der Waals surface area contributed by atoms with Gasteiger partial charge in [-0.3, -0.25) is 9.79 Å². The SMILES string of the molecule is O=C([C@@H](Cc1ccc(Cl)cc1)N[C@H]1CC[C@@H](Nc2ccc(Cl)cc2)CC1)N1CCC(CN2CN=CN2)(C2CCCCC2)CC1. The molecule has 0 spiro atoms. The molecule has 2 heterocycles. The first-order valence-electron chi connectivity index (χ1n) is 16.8. The van der Waals surface area contributed by atoms with Crippen LogP contribution >= 0.6 is 23.2 Å². The van der Waals surface area contributed by atoms with Crippen LogP contribution in [0.2, 0.25) is 10.0 Å². The van der Waals surface area contributed by atoms with Gasteiger partial charge in [0.25, 0.3) is 0 Å². The Hall–Kier alpha value is -2.32. The number of nitrogens with zero attached hydrogens (tertiary/aromatic N) is 3. The summed E-state index contributed by atoms with van der Waals surface area (Å²) in [4.78, 5) is 20.8. The van der Waals surface area contributed by atoms with Crippen molar-refractivity contribution >= 4 is 41.1 Å². The molecule has 1 atom stereocenters. The second-order valence-corrected chi connectivity index (χ2v) is 14.4.